The van der Waals surface area contributed by atoms with Crippen LogP contribution >= 0.6 is 0 Å². The summed E-state index contributed by atoms with van der Waals surface area (Å²) in [7, 11) is 0. The van der Waals surface area contributed by atoms with E-state index in [1.54, 1.807) is 18.5 Å². The second-order valence-corrected chi connectivity index (χ2v) is 17.8. The number of fused-ring (bicyclic) bond motifs is 2. The van der Waals surface area contributed by atoms with E-state index < -0.39 is 32.0 Å². The minimum Gasteiger partial charge on any atom is -0.512 e. The van der Waals surface area contributed by atoms with E-state index in [9.17, 15) is 23.1 Å². The number of hydrogen-bond donors (Lipinski definition) is 1. The standard InChI is InChI=1S/C30H27F3N3Te.C13H24O2.Ir/c1-28(2,3)23-15-21(14-20-8-6-7-9-22(20)23)24-25-27(35-17-34-24)37-26(36-25)19-12-10-18(11-13-19)16-29(4,5)30(31,32)33;1-5-10(6-2)12(14)9-13(15)11(7-3)8-4;/h6-13,15,17H,16H2,1-5H3;9-11,14H,5-8H2,1-4H3;/q-1;;/b;12-9-;. The van der Waals surface area contributed by atoms with Crippen molar-refractivity contribution in [3.8, 4) is 20.5 Å². The molecule has 0 unspecified atom stereocenters. The van der Waals surface area contributed by atoms with Gasteiger partial charge in [0.15, 0.2) is 5.78 Å². The summed E-state index contributed by atoms with van der Waals surface area (Å²) in [5.74, 6) is 0.547. The van der Waals surface area contributed by atoms with E-state index >= 15 is 0 Å². The molecule has 0 aliphatic heterocycles. The van der Waals surface area contributed by atoms with Gasteiger partial charge in [-0.05, 0) is 25.7 Å². The zero-order valence-electron chi connectivity index (χ0n) is 32.1. The second-order valence-electron chi connectivity index (χ2n) is 15.0. The van der Waals surface area contributed by atoms with Gasteiger partial charge >= 0.3 is 225 Å². The van der Waals surface area contributed by atoms with Crippen LogP contribution in [0.25, 0.3) is 40.4 Å². The van der Waals surface area contributed by atoms with E-state index in [1.807, 2.05) is 52.0 Å². The fraction of sp³-hybridized carbons (Fsp3) is 0.442. The maximum atomic E-state index is 13.3. The molecule has 5 nitrogen and oxygen atoms in total. The minimum absolute atomic E-state index is 0. The van der Waals surface area contributed by atoms with Crippen molar-refractivity contribution in [2.75, 3.05) is 0 Å². The van der Waals surface area contributed by atoms with E-state index in [4.69, 9.17) is 4.98 Å². The molecule has 0 atom stereocenters. The van der Waals surface area contributed by atoms with Gasteiger partial charge in [0.1, 0.15) is 0 Å². The van der Waals surface area contributed by atoms with Gasteiger partial charge < -0.3 is 5.11 Å². The third kappa shape index (κ3) is 10.9. The number of halogens is 3. The molecule has 0 aliphatic rings. The molecule has 0 aliphatic carbocycles. The van der Waals surface area contributed by atoms with Crippen LogP contribution in [0, 0.1) is 23.3 Å². The molecule has 5 rings (SSSR count). The van der Waals surface area contributed by atoms with Crippen LogP contribution in [0.15, 0.2) is 72.8 Å². The fourth-order valence-corrected chi connectivity index (χ4v) is 8.81. The Labute approximate surface area is 335 Å². The molecule has 53 heavy (non-hydrogen) atoms. The van der Waals surface area contributed by atoms with Crippen LogP contribution in [-0.4, -0.2) is 52.4 Å². The minimum atomic E-state index is -4.25. The summed E-state index contributed by atoms with van der Waals surface area (Å²) in [6.45, 7) is 17.1. The van der Waals surface area contributed by atoms with Gasteiger partial charge in [0, 0.05) is 38.0 Å². The average molecular weight is 1020 g/mol. The second kappa shape index (κ2) is 18.6. The predicted octanol–water partition coefficient (Wildman–Crippen LogP) is 11.7. The number of alkyl halides is 3. The van der Waals surface area contributed by atoms with Crippen molar-refractivity contribution < 1.29 is 43.2 Å². The summed E-state index contributed by atoms with van der Waals surface area (Å²) in [4.78, 5) is 25.8. The number of ketones is 1. The Morgan fingerprint density at radius 2 is 1.49 bits per heavy atom. The van der Waals surface area contributed by atoms with Gasteiger partial charge in [-0.2, -0.15) is 0 Å². The molecule has 287 valence electrons. The Kier molecular flexibility index (Phi) is 15.6. The molecule has 1 radical (unpaired) electrons. The van der Waals surface area contributed by atoms with Crippen molar-refractivity contribution in [3.05, 3.63) is 90.0 Å². The van der Waals surface area contributed by atoms with E-state index in [0.717, 1.165) is 60.6 Å². The van der Waals surface area contributed by atoms with Gasteiger partial charge in [0.2, 0.25) is 0 Å². The first-order valence-corrected chi connectivity index (χ1v) is 20.4. The van der Waals surface area contributed by atoms with E-state index in [2.05, 4.69) is 55.0 Å². The zero-order valence-corrected chi connectivity index (χ0v) is 36.8. The Bertz CT molecular complexity index is 2010. The van der Waals surface area contributed by atoms with Crippen LogP contribution in [0.2, 0.25) is 0 Å². The Hall–Kier alpha value is -2.89. The molecule has 10 heteroatoms. The van der Waals surface area contributed by atoms with Crippen molar-refractivity contribution in [2.45, 2.75) is 106 Å². The van der Waals surface area contributed by atoms with Crippen LogP contribution in [0.1, 0.15) is 99.1 Å². The summed E-state index contributed by atoms with van der Waals surface area (Å²) >= 11 is -0.865. The smallest absolute Gasteiger partial charge is 0.162 e. The third-order valence-electron chi connectivity index (χ3n) is 9.73. The zero-order chi connectivity index (χ0) is 38.4. The van der Waals surface area contributed by atoms with Crippen LogP contribution in [0.3, 0.4) is 0 Å². The summed E-state index contributed by atoms with van der Waals surface area (Å²) in [5.41, 5.74) is 3.41. The first kappa shape index (κ1) is 44.5. The molecule has 0 saturated carbocycles. The Morgan fingerprint density at radius 3 is 2.06 bits per heavy atom. The normalized spacial score (nSPS) is 12.6. The number of rotatable bonds is 11. The van der Waals surface area contributed by atoms with Crippen molar-refractivity contribution in [1.29, 1.82) is 0 Å². The molecular weight excluding hydrogens is 967 g/mol. The van der Waals surface area contributed by atoms with Crippen LogP contribution < -0.4 is 0 Å². The van der Waals surface area contributed by atoms with Gasteiger partial charge in [-0.1, -0.05) is 27.7 Å². The van der Waals surface area contributed by atoms with Crippen LogP contribution in [-0.2, 0) is 36.7 Å². The first-order valence-electron chi connectivity index (χ1n) is 18.1. The summed E-state index contributed by atoms with van der Waals surface area (Å²) in [5, 5.41) is 12.0. The number of aromatic nitrogens is 3. The topological polar surface area (TPSA) is 76.0 Å². The van der Waals surface area contributed by atoms with Gasteiger partial charge in [-0.25, -0.2) is 0 Å². The summed E-state index contributed by atoms with van der Waals surface area (Å²) < 4.78 is 41.9. The Morgan fingerprint density at radius 1 is 0.887 bits per heavy atom. The molecule has 0 amide bonds. The molecule has 0 fully saturated rings. The van der Waals surface area contributed by atoms with Gasteiger partial charge in [0.25, 0.3) is 0 Å². The third-order valence-corrected chi connectivity index (χ3v) is 12.6. The summed E-state index contributed by atoms with van der Waals surface area (Å²) in [6, 6.07) is 21.3. The van der Waals surface area contributed by atoms with Crippen LogP contribution in [0.4, 0.5) is 13.2 Å². The molecule has 0 bridgehead atoms. The maximum absolute atomic E-state index is 13.3. The van der Waals surface area contributed by atoms with E-state index in [1.165, 1.54) is 30.9 Å². The number of nitrogens with zero attached hydrogens (tertiary/aromatic N) is 3. The van der Waals surface area contributed by atoms with Crippen molar-refractivity contribution >= 4 is 46.0 Å². The quantitative estimate of drug-likeness (QED) is 0.0617. The Balaban J connectivity index is 0.000000403. The molecule has 0 spiro atoms. The number of carbonyl (C=O) groups excluding carboxylic acids is 1. The fourth-order valence-electron chi connectivity index (χ4n) is 6.21. The van der Waals surface area contributed by atoms with E-state index in [-0.39, 0.29) is 55.3 Å². The molecule has 2 heterocycles. The SMILES string of the molecule is CC(C)(C)c1cc(-c2ncnc3[te]c(-c4ccc(CC(C)(C)C(F)(F)F)cc4)nc23)[c-]c2ccccc12.CCC(CC)C(=O)/C=C(\O)C(CC)CC.[Ir]. The van der Waals surface area contributed by atoms with Gasteiger partial charge in [-0.3, -0.25) is 4.79 Å². The number of benzene rings is 3. The summed E-state index contributed by atoms with van der Waals surface area (Å²) in [6.07, 6.45) is 2.18. The van der Waals surface area contributed by atoms with Crippen molar-refractivity contribution in [2.24, 2.45) is 17.3 Å². The largest absolute Gasteiger partial charge is 0.512 e. The molecule has 1 N–H and O–H groups in total. The number of hydrogen-bond acceptors (Lipinski definition) is 5. The molecule has 0 saturated heterocycles. The molecule has 5 aromatic rings. The first-order chi connectivity index (χ1) is 24.4. The molecule has 3 aromatic carbocycles. The number of aliphatic hydroxyl groups is 1. The van der Waals surface area contributed by atoms with Crippen molar-refractivity contribution in [1.82, 2.24) is 15.0 Å². The average Bonchev–Trinajstić information content (AvgIpc) is 3.53. The number of carbonyl (C=O) groups is 1. The molecular formula is C43H51F3IrN3O2Te-. The predicted molar refractivity (Wildman–Crippen MR) is 208 cm³/mol. The van der Waals surface area contributed by atoms with Crippen molar-refractivity contribution in [3.63, 3.8) is 0 Å². The van der Waals surface area contributed by atoms with Gasteiger partial charge in [0.05, 0.1) is 5.76 Å². The van der Waals surface area contributed by atoms with E-state index in [0.29, 0.717) is 5.56 Å². The van der Waals surface area contributed by atoms with Crippen LogP contribution in [0.5, 0.6) is 0 Å². The van der Waals surface area contributed by atoms with Gasteiger partial charge in [-0.15, -0.1) is 0 Å². The maximum Gasteiger partial charge on any atom is 0.162 e. The molecule has 2 aromatic heterocycles. The monoisotopic (exact) mass is 1020 g/mol. The number of aliphatic hydroxyl groups excluding tert-OH is 1. The number of allylic oxidation sites excluding steroid dienone is 2.